The van der Waals surface area contributed by atoms with Crippen LogP contribution in [-0.4, -0.2) is 22.1 Å². The van der Waals surface area contributed by atoms with Crippen molar-refractivity contribution in [3.8, 4) is 11.3 Å². The number of nitrogens with zero attached hydrogens (tertiary/aromatic N) is 2. The molecule has 0 aliphatic carbocycles. The lowest BCUT2D eigenvalue weighted by atomic mass is 9.96. The first-order chi connectivity index (χ1) is 19.0. The fourth-order valence-corrected chi connectivity index (χ4v) is 6.21. The Bertz CT molecular complexity index is 1930. The first-order valence-electron chi connectivity index (χ1n) is 12.9. The summed E-state index contributed by atoms with van der Waals surface area (Å²) >= 11 is 1.33. The molecule has 3 aromatic carbocycles. The number of ether oxygens (including phenoxy) is 1. The summed E-state index contributed by atoms with van der Waals surface area (Å²) in [6, 6.07) is 25.3. The maximum absolute atomic E-state index is 14.1. The van der Waals surface area contributed by atoms with Crippen molar-refractivity contribution in [1.29, 1.82) is 0 Å². The minimum absolute atomic E-state index is 0.192. The molecule has 0 unspecified atom stereocenters. The minimum Gasteiger partial charge on any atom is -0.463 e. The van der Waals surface area contributed by atoms with Crippen LogP contribution in [0, 0.1) is 6.92 Å². The highest BCUT2D eigenvalue weighted by molar-refractivity contribution is 7.07. The van der Waals surface area contributed by atoms with Crippen molar-refractivity contribution in [3.63, 3.8) is 0 Å². The van der Waals surface area contributed by atoms with Gasteiger partial charge in [0.15, 0.2) is 4.80 Å². The van der Waals surface area contributed by atoms with Gasteiger partial charge in [-0.2, -0.15) is 0 Å². The molecular formula is C32H27N3O3S. The normalized spacial score (nSPS) is 15.4. The van der Waals surface area contributed by atoms with Gasteiger partial charge >= 0.3 is 5.97 Å². The van der Waals surface area contributed by atoms with Crippen LogP contribution in [0.15, 0.2) is 99.9 Å². The third-order valence-electron chi connectivity index (χ3n) is 6.96. The predicted octanol–water partition coefficient (Wildman–Crippen LogP) is 5.26. The monoisotopic (exact) mass is 533 g/mol. The highest BCUT2D eigenvalue weighted by Crippen LogP contribution is 2.33. The molecule has 6 nitrogen and oxygen atoms in total. The Balaban J connectivity index is 1.62. The number of H-pyrrole nitrogens is 1. The standard InChI is InChI=1S/C32H27N3O3S/c1-4-38-31(37)27-20(3)33-32-35(29(27)22-13-9-6-10-14-22)30(36)26(39-32)18-24-23-17-19(2)15-16-25(23)34-28(24)21-11-7-5-8-12-21/h5-18,29,34H,4H2,1-3H3/b26-18+/t29-/m0/s1. The van der Waals surface area contributed by atoms with E-state index in [1.165, 1.54) is 11.3 Å². The van der Waals surface area contributed by atoms with Gasteiger partial charge in [0.2, 0.25) is 0 Å². The average molecular weight is 534 g/mol. The Labute approximate surface area is 229 Å². The number of carbonyl (C=O) groups excluding carboxylic acids is 1. The Morgan fingerprint density at radius 1 is 1.05 bits per heavy atom. The third-order valence-corrected chi connectivity index (χ3v) is 7.95. The van der Waals surface area contributed by atoms with E-state index in [9.17, 15) is 9.59 Å². The van der Waals surface area contributed by atoms with Crippen LogP contribution in [0.4, 0.5) is 0 Å². The number of hydrogen-bond acceptors (Lipinski definition) is 5. The summed E-state index contributed by atoms with van der Waals surface area (Å²) in [4.78, 5) is 36.0. The summed E-state index contributed by atoms with van der Waals surface area (Å²) in [5.74, 6) is -0.458. The first-order valence-corrected chi connectivity index (χ1v) is 13.7. The second kappa shape index (κ2) is 10.0. The van der Waals surface area contributed by atoms with E-state index in [1.807, 2.05) is 54.6 Å². The molecule has 0 saturated heterocycles. The number of aromatic nitrogens is 2. The van der Waals surface area contributed by atoms with Crippen molar-refractivity contribution < 1.29 is 9.53 Å². The fourth-order valence-electron chi connectivity index (χ4n) is 5.18. The molecule has 1 aliphatic rings. The second-order valence-corrected chi connectivity index (χ2v) is 10.6. The number of hydrogen-bond donors (Lipinski definition) is 1. The zero-order valence-electron chi connectivity index (χ0n) is 21.9. The van der Waals surface area contributed by atoms with Crippen molar-refractivity contribution >= 4 is 34.3 Å². The number of aromatic amines is 1. The Kier molecular flexibility index (Phi) is 6.37. The van der Waals surface area contributed by atoms with Crippen molar-refractivity contribution in [1.82, 2.24) is 9.55 Å². The van der Waals surface area contributed by atoms with Gasteiger partial charge in [-0.05, 0) is 50.1 Å². The van der Waals surface area contributed by atoms with E-state index >= 15 is 0 Å². The molecule has 1 N–H and O–H groups in total. The number of allylic oxidation sites excluding steroid dienone is 1. The molecule has 0 amide bonds. The van der Waals surface area contributed by atoms with Gasteiger partial charge in [-0.15, -0.1) is 0 Å². The van der Waals surface area contributed by atoms with Crippen LogP contribution in [0.1, 0.15) is 36.6 Å². The smallest absolute Gasteiger partial charge is 0.338 e. The van der Waals surface area contributed by atoms with Gasteiger partial charge in [-0.25, -0.2) is 9.79 Å². The van der Waals surface area contributed by atoms with Crippen molar-refractivity contribution in [2.45, 2.75) is 26.8 Å². The summed E-state index contributed by atoms with van der Waals surface area (Å²) in [6.45, 7) is 5.87. The van der Waals surface area contributed by atoms with Gasteiger partial charge in [0.25, 0.3) is 5.56 Å². The molecule has 0 bridgehead atoms. The molecule has 3 heterocycles. The van der Waals surface area contributed by atoms with Crippen LogP contribution in [0.3, 0.4) is 0 Å². The minimum atomic E-state index is -0.623. The molecule has 7 heteroatoms. The van der Waals surface area contributed by atoms with Crippen LogP contribution in [0.2, 0.25) is 0 Å². The third kappa shape index (κ3) is 4.34. The number of nitrogens with one attached hydrogen (secondary N) is 1. The molecule has 5 aromatic rings. The van der Waals surface area contributed by atoms with E-state index < -0.39 is 12.0 Å². The van der Waals surface area contributed by atoms with E-state index in [2.05, 4.69) is 42.2 Å². The summed E-state index contributed by atoms with van der Waals surface area (Å²) in [5, 5.41) is 1.04. The molecule has 1 atom stereocenters. The number of thiazole rings is 1. The molecule has 0 spiro atoms. The fraction of sp³-hybridized carbons (Fsp3) is 0.156. The lowest BCUT2D eigenvalue weighted by Gasteiger charge is -2.24. The molecule has 0 fully saturated rings. The molecule has 0 radical (unpaired) electrons. The molecule has 1 aliphatic heterocycles. The largest absolute Gasteiger partial charge is 0.463 e. The van der Waals surface area contributed by atoms with E-state index in [1.54, 1.807) is 18.4 Å². The number of fused-ring (bicyclic) bond motifs is 2. The van der Waals surface area contributed by atoms with Crippen LogP contribution >= 0.6 is 11.3 Å². The van der Waals surface area contributed by atoms with Gasteiger partial charge in [0.1, 0.15) is 0 Å². The number of benzene rings is 3. The first kappa shape index (κ1) is 24.8. The van der Waals surface area contributed by atoms with Crippen LogP contribution in [0.25, 0.3) is 28.2 Å². The van der Waals surface area contributed by atoms with Crippen molar-refractivity contribution in [2.24, 2.45) is 4.99 Å². The van der Waals surface area contributed by atoms with Gasteiger partial charge in [-0.3, -0.25) is 9.36 Å². The van der Waals surface area contributed by atoms with Crippen LogP contribution in [0.5, 0.6) is 0 Å². The van der Waals surface area contributed by atoms with E-state index in [-0.39, 0.29) is 12.2 Å². The number of esters is 1. The highest BCUT2D eigenvalue weighted by atomic mass is 32.1. The molecule has 6 rings (SSSR count). The van der Waals surface area contributed by atoms with Gasteiger partial charge < -0.3 is 9.72 Å². The number of rotatable bonds is 5. The zero-order chi connectivity index (χ0) is 27.1. The van der Waals surface area contributed by atoms with Gasteiger partial charge in [-0.1, -0.05) is 83.6 Å². The predicted molar refractivity (Wildman–Crippen MR) is 155 cm³/mol. The Hall–Kier alpha value is -4.49. The summed E-state index contributed by atoms with van der Waals surface area (Å²) in [6.07, 6.45) is 1.95. The lowest BCUT2D eigenvalue weighted by molar-refractivity contribution is -0.139. The van der Waals surface area contributed by atoms with Gasteiger partial charge in [0.05, 0.1) is 34.1 Å². The molecule has 0 saturated carbocycles. The van der Waals surface area contributed by atoms with Crippen molar-refractivity contribution in [2.75, 3.05) is 6.61 Å². The zero-order valence-corrected chi connectivity index (χ0v) is 22.7. The van der Waals surface area contributed by atoms with Gasteiger partial charge in [0, 0.05) is 16.5 Å². The second-order valence-electron chi connectivity index (χ2n) is 9.54. The van der Waals surface area contributed by atoms with E-state index in [4.69, 9.17) is 9.73 Å². The van der Waals surface area contributed by atoms with Crippen molar-refractivity contribution in [3.05, 3.63) is 127 Å². The number of carbonyl (C=O) groups is 1. The highest BCUT2D eigenvalue weighted by Gasteiger charge is 2.33. The average Bonchev–Trinajstić information content (AvgIpc) is 3.45. The maximum atomic E-state index is 14.1. The molecular weight excluding hydrogens is 506 g/mol. The summed E-state index contributed by atoms with van der Waals surface area (Å²) < 4.78 is 7.57. The molecule has 194 valence electrons. The maximum Gasteiger partial charge on any atom is 0.338 e. The summed E-state index contributed by atoms with van der Waals surface area (Å²) in [7, 11) is 0. The number of aryl methyl sites for hydroxylation is 1. The van der Waals surface area contributed by atoms with Crippen LogP contribution < -0.4 is 14.9 Å². The van der Waals surface area contributed by atoms with Crippen LogP contribution in [-0.2, 0) is 9.53 Å². The quantitative estimate of drug-likeness (QED) is 0.313. The topological polar surface area (TPSA) is 76.4 Å². The van der Waals surface area contributed by atoms with E-state index in [0.29, 0.717) is 20.6 Å². The SMILES string of the molecule is CCOC(=O)C1=C(C)N=c2s/c(=C/c3c(-c4ccccc4)[nH]c4ccc(C)cc34)c(=O)n2[C@H]1c1ccccc1. The molecule has 39 heavy (non-hydrogen) atoms. The Morgan fingerprint density at radius 3 is 2.49 bits per heavy atom. The van der Waals surface area contributed by atoms with E-state index in [0.717, 1.165) is 38.9 Å². The summed E-state index contributed by atoms with van der Waals surface area (Å²) in [5.41, 5.74) is 6.65. The Morgan fingerprint density at radius 2 is 1.77 bits per heavy atom. The molecule has 2 aromatic heterocycles. The lowest BCUT2D eigenvalue weighted by Crippen LogP contribution is -2.39.